The monoisotopic (exact) mass is 477 g/mol. The van der Waals surface area contributed by atoms with E-state index in [4.69, 9.17) is 15.2 Å². The Morgan fingerprint density at radius 1 is 1.06 bits per heavy atom. The molecule has 2 aromatic rings. The van der Waals surface area contributed by atoms with Crippen molar-refractivity contribution in [3.63, 3.8) is 0 Å². The van der Waals surface area contributed by atoms with E-state index < -0.39 is 21.8 Å². The number of amides is 2. The van der Waals surface area contributed by atoms with Crippen LogP contribution in [0, 0.1) is 0 Å². The van der Waals surface area contributed by atoms with Crippen LogP contribution in [0.4, 0.5) is 5.69 Å². The Labute approximate surface area is 194 Å². The lowest BCUT2D eigenvalue weighted by Crippen LogP contribution is -2.30. The van der Waals surface area contributed by atoms with Crippen LogP contribution in [-0.2, 0) is 26.0 Å². The second kappa shape index (κ2) is 11.7. The van der Waals surface area contributed by atoms with Gasteiger partial charge in [-0.05, 0) is 49.7 Å². The largest absolute Gasteiger partial charge is 0.489 e. The number of benzene rings is 2. The van der Waals surface area contributed by atoms with Crippen molar-refractivity contribution in [2.24, 2.45) is 5.73 Å². The van der Waals surface area contributed by atoms with Gasteiger partial charge < -0.3 is 20.5 Å². The lowest BCUT2D eigenvalue weighted by atomic mass is 10.1. The highest BCUT2D eigenvalue weighted by Gasteiger charge is 2.23. The van der Waals surface area contributed by atoms with Crippen LogP contribution < -0.4 is 20.5 Å². The SMILES string of the molecule is CCN(CC)S(=O)(=O)c1ccc(OC(C)C)c(NC(=O)COc2ccc(CC(N)=O)cc2)c1. The molecule has 10 heteroatoms. The summed E-state index contributed by atoms with van der Waals surface area (Å²) in [6.07, 6.45) is -0.0624. The number of carbonyl (C=O) groups excluding carboxylic acids is 2. The third-order valence-electron chi connectivity index (χ3n) is 4.60. The van der Waals surface area contributed by atoms with E-state index in [1.165, 1.54) is 22.5 Å². The molecule has 2 rings (SSSR count). The lowest BCUT2D eigenvalue weighted by molar-refractivity contribution is -0.118. The first-order valence-corrected chi connectivity index (χ1v) is 12.1. The zero-order valence-corrected chi connectivity index (χ0v) is 20.1. The average Bonchev–Trinajstić information content (AvgIpc) is 2.74. The summed E-state index contributed by atoms with van der Waals surface area (Å²) >= 11 is 0. The first-order chi connectivity index (χ1) is 15.6. The van der Waals surface area contributed by atoms with Gasteiger partial charge in [0.15, 0.2) is 6.61 Å². The van der Waals surface area contributed by atoms with Gasteiger partial charge in [-0.15, -0.1) is 0 Å². The highest BCUT2D eigenvalue weighted by Crippen LogP contribution is 2.30. The normalized spacial score (nSPS) is 11.5. The fraction of sp³-hybridized carbons (Fsp3) is 0.391. The number of rotatable bonds is 12. The molecule has 0 saturated carbocycles. The average molecular weight is 478 g/mol. The Hall–Kier alpha value is -3.11. The van der Waals surface area contributed by atoms with Crippen LogP contribution in [0.3, 0.4) is 0 Å². The molecule has 3 N–H and O–H groups in total. The maximum Gasteiger partial charge on any atom is 0.262 e. The topological polar surface area (TPSA) is 128 Å². The molecule has 2 amide bonds. The van der Waals surface area contributed by atoms with Crippen molar-refractivity contribution in [2.75, 3.05) is 25.0 Å². The number of hydrogen-bond donors (Lipinski definition) is 2. The van der Waals surface area contributed by atoms with Crippen molar-refractivity contribution in [3.05, 3.63) is 48.0 Å². The maximum absolute atomic E-state index is 12.9. The Kier molecular flexibility index (Phi) is 9.24. The summed E-state index contributed by atoms with van der Waals surface area (Å²) in [6.45, 7) is 7.54. The smallest absolute Gasteiger partial charge is 0.262 e. The number of nitrogens with one attached hydrogen (secondary N) is 1. The first-order valence-electron chi connectivity index (χ1n) is 10.7. The molecule has 180 valence electrons. The molecular formula is C23H31N3O6S. The quantitative estimate of drug-likeness (QED) is 0.484. The minimum atomic E-state index is -3.71. The number of carbonyl (C=O) groups is 2. The second-order valence-corrected chi connectivity index (χ2v) is 9.48. The number of hydrogen-bond acceptors (Lipinski definition) is 6. The fourth-order valence-corrected chi connectivity index (χ4v) is 4.56. The van der Waals surface area contributed by atoms with Crippen molar-refractivity contribution < 1.29 is 27.5 Å². The van der Waals surface area contributed by atoms with Crippen LogP contribution >= 0.6 is 0 Å². The number of ether oxygens (including phenoxy) is 2. The minimum absolute atomic E-state index is 0.0589. The van der Waals surface area contributed by atoms with Crippen molar-refractivity contribution in [2.45, 2.75) is 45.1 Å². The molecule has 0 heterocycles. The molecule has 0 saturated heterocycles. The number of primary amides is 1. The van der Waals surface area contributed by atoms with Crippen LogP contribution in [0.1, 0.15) is 33.3 Å². The first kappa shape index (κ1) is 26.1. The Morgan fingerprint density at radius 3 is 2.24 bits per heavy atom. The van der Waals surface area contributed by atoms with Gasteiger partial charge in [-0.3, -0.25) is 9.59 Å². The second-order valence-electron chi connectivity index (χ2n) is 7.54. The predicted octanol–water partition coefficient (Wildman–Crippen LogP) is 2.55. The highest BCUT2D eigenvalue weighted by molar-refractivity contribution is 7.89. The van der Waals surface area contributed by atoms with Gasteiger partial charge in [0, 0.05) is 13.1 Å². The molecule has 0 fully saturated rings. The number of sulfonamides is 1. The summed E-state index contributed by atoms with van der Waals surface area (Å²) in [6, 6.07) is 11.0. The Bertz CT molecular complexity index is 1060. The van der Waals surface area contributed by atoms with Crippen LogP contribution in [0.2, 0.25) is 0 Å². The van der Waals surface area contributed by atoms with E-state index in [-0.39, 0.29) is 29.7 Å². The molecule has 0 aromatic heterocycles. The summed E-state index contributed by atoms with van der Waals surface area (Å²) in [7, 11) is -3.71. The molecule has 9 nitrogen and oxygen atoms in total. The van der Waals surface area contributed by atoms with Gasteiger partial charge in [-0.1, -0.05) is 26.0 Å². The van der Waals surface area contributed by atoms with Crippen LogP contribution in [0.5, 0.6) is 11.5 Å². The number of anilines is 1. The van der Waals surface area contributed by atoms with E-state index in [1.54, 1.807) is 38.1 Å². The van der Waals surface area contributed by atoms with Gasteiger partial charge in [0.1, 0.15) is 11.5 Å². The van der Waals surface area contributed by atoms with Crippen LogP contribution in [0.15, 0.2) is 47.4 Å². The maximum atomic E-state index is 12.9. The molecule has 2 aromatic carbocycles. The fourth-order valence-electron chi connectivity index (χ4n) is 3.08. The van der Waals surface area contributed by atoms with E-state index >= 15 is 0 Å². The predicted molar refractivity (Wildman–Crippen MR) is 126 cm³/mol. The van der Waals surface area contributed by atoms with Crippen molar-refractivity contribution in [1.29, 1.82) is 0 Å². The molecule has 0 aliphatic rings. The zero-order chi connectivity index (χ0) is 24.6. The highest BCUT2D eigenvalue weighted by atomic mass is 32.2. The van der Waals surface area contributed by atoms with E-state index in [0.29, 0.717) is 24.6 Å². The molecule has 0 unspecified atom stereocenters. The van der Waals surface area contributed by atoms with Crippen molar-refractivity contribution in [3.8, 4) is 11.5 Å². The van der Waals surface area contributed by atoms with E-state index in [1.807, 2.05) is 13.8 Å². The van der Waals surface area contributed by atoms with Crippen molar-refractivity contribution in [1.82, 2.24) is 4.31 Å². The molecule has 0 atom stereocenters. The summed E-state index contributed by atoms with van der Waals surface area (Å²) in [5, 5.41) is 2.68. The Morgan fingerprint density at radius 2 is 1.70 bits per heavy atom. The number of nitrogens with zero attached hydrogens (tertiary/aromatic N) is 1. The van der Waals surface area contributed by atoms with Crippen LogP contribution in [-0.4, -0.2) is 50.3 Å². The zero-order valence-electron chi connectivity index (χ0n) is 19.3. The molecule has 0 aliphatic carbocycles. The summed E-state index contributed by atoms with van der Waals surface area (Å²) < 4.78 is 38.3. The van der Waals surface area contributed by atoms with Gasteiger partial charge in [0.05, 0.1) is 23.1 Å². The van der Waals surface area contributed by atoms with Gasteiger partial charge >= 0.3 is 0 Å². The van der Waals surface area contributed by atoms with Gasteiger partial charge in [-0.25, -0.2) is 8.42 Å². The lowest BCUT2D eigenvalue weighted by Gasteiger charge is -2.20. The Balaban J connectivity index is 2.17. The molecule has 0 bridgehead atoms. The third kappa shape index (κ3) is 7.47. The van der Waals surface area contributed by atoms with Gasteiger partial charge in [0.25, 0.3) is 5.91 Å². The number of nitrogens with two attached hydrogens (primary N) is 1. The minimum Gasteiger partial charge on any atom is -0.489 e. The molecular weight excluding hydrogens is 446 g/mol. The molecule has 0 spiro atoms. The van der Waals surface area contributed by atoms with Gasteiger partial charge in [-0.2, -0.15) is 4.31 Å². The molecule has 0 radical (unpaired) electrons. The van der Waals surface area contributed by atoms with Crippen LogP contribution in [0.25, 0.3) is 0 Å². The standard InChI is InChI=1S/C23H31N3O6S/c1-5-26(6-2)33(29,30)19-11-12-21(32-16(3)4)20(14-19)25-23(28)15-31-18-9-7-17(8-10-18)13-22(24)27/h7-12,14,16H,5-6,13,15H2,1-4H3,(H2,24,27)(H,25,28). The summed E-state index contributed by atoms with van der Waals surface area (Å²) in [5.41, 5.74) is 6.15. The summed E-state index contributed by atoms with van der Waals surface area (Å²) in [4.78, 5) is 23.6. The van der Waals surface area contributed by atoms with E-state index in [0.717, 1.165) is 5.56 Å². The summed E-state index contributed by atoms with van der Waals surface area (Å²) in [5.74, 6) is -0.127. The third-order valence-corrected chi connectivity index (χ3v) is 6.65. The molecule has 0 aliphatic heterocycles. The van der Waals surface area contributed by atoms with E-state index in [9.17, 15) is 18.0 Å². The van der Waals surface area contributed by atoms with E-state index in [2.05, 4.69) is 5.32 Å². The van der Waals surface area contributed by atoms with Crippen molar-refractivity contribution >= 4 is 27.5 Å². The molecule has 33 heavy (non-hydrogen) atoms. The van der Waals surface area contributed by atoms with Gasteiger partial charge in [0.2, 0.25) is 15.9 Å².